The first-order valence-corrected chi connectivity index (χ1v) is 11.2. The van der Waals surface area contributed by atoms with Crippen LogP contribution in [0.5, 0.6) is 0 Å². The Morgan fingerprint density at radius 1 is 1.28 bits per heavy atom. The lowest BCUT2D eigenvalue weighted by Crippen LogP contribution is -2.43. The zero-order valence-corrected chi connectivity index (χ0v) is 18.4. The summed E-state index contributed by atoms with van der Waals surface area (Å²) in [5, 5.41) is 0.609. The first-order valence-electron chi connectivity index (χ1n) is 10.8. The Balaban J connectivity index is 2.12. The fourth-order valence-corrected chi connectivity index (χ4v) is 4.47. The summed E-state index contributed by atoms with van der Waals surface area (Å²) in [6.07, 6.45) is 6.58. The Morgan fingerprint density at radius 2 is 2.00 bits per heavy atom. The van der Waals surface area contributed by atoms with E-state index in [0.717, 1.165) is 30.5 Å². The third kappa shape index (κ3) is 4.82. The molecule has 1 heterocycles. The molecule has 0 radical (unpaired) electrons. The highest BCUT2D eigenvalue weighted by atomic mass is 35.5. The summed E-state index contributed by atoms with van der Waals surface area (Å²) in [5.74, 6) is -0.147. The Labute approximate surface area is 178 Å². The van der Waals surface area contributed by atoms with Crippen molar-refractivity contribution < 1.29 is 14.3 Å². The number of esters is 1. The highest BCUT2D eigenvalue weighted by Crippen LogP contribution is 2.36. The van der Waals surface area contributed by atoms with Gasteiger partial charge in [-0.25, -0.2) is 0 Å². The van der Waals surface area contributed by atoms with E-state index in [1.54, 1.807) is 17.9 Å². The second kappa shape index (κ2) is 9.75. The number of fused-ring (bicyclic) bond motifs is 1. The molecule has 0 N–H and O–H groups in total. The molecule has 0 spiro atoms. The van der Waals surface area contributed by atoms with E-state index in [1.807, 2.05) is 12.1 Å². The van der Waals surface area contributed by atoms with E-state index >= 15 is 0 Å². The lowest BCUT2D eigenvalue weighted by atomic mass is 9.82. The van der Waals surface area contributed by atoms with Gasteiger partial charge in [-0.2, -0.15) is 0 Å². The van der Waals surface area contributed by atoms with Gasteiger partial charge in [0.25, 0.3) is 5.91 Å². The molecule has 1 amide bonds. The maximum atomic E-state index is 13.5. The third-order valence-electron chi connectivity index (χ3n) is 6.09. The van der Waals surface area contributed by atoms with Crippen LogP contribution in [0.2, 0.25) is 5.02 Å². The number of carbonyl (C=O) groups is 2. The predicted molar refractivity (Wildman–Crippen MR) is 117 cm³/mol. The van der Waals surface area contributed by atoms with Crippen LogP contribution in [0.25, 0.3) is 0 Å². The molecule has 1 fully saturated rings. The molecule has 0 aromatic heterocycles. The molecule has 0 unspecified atom stereocenters. The van der Waals surface area contributed by atoms with Gasteiger partial charge >= 0.3 is 5.97 Å². The first kappa shape index (κ1) is 21.8. The van der Waals surface area contributed by atoms with Crippen molar-refractivity contribution in [3.8, 4) is 0 Å². The van der Waals surface area contributed by atoms with Crippen molar-refractivity contribution >= 4 is 34.9 Å². The summed E-state index contributed by atoms with van der Waals surface area (Å²) < 4.78 is 5.14. The second-order valence-electron chi connectivity index (χ2n) is 8.07. The van der Waals surface area contributed by atoms with Crippen LogP contribution in [-0.4, -0.2) is 36.8 Å². The SMILES string of the molecule is CCOC(=O)CN1C(=O)[C@H]([C@@H](C)CC)N=C(C2CCCCC2)c2cc(Cl)ccc21. The first-order chi connectivity index (χ1) is 14.0. The van der Waals surface area contributed by atoms with Crippen molar-refractivity contribution in [3.63, 3.8) is 0 Å². The maximum absolute atomic E-state index is 13.5. The van der Waals surface area contributed by atoms with Gasteiger partial charge in [0.1, 0.15) is 12.6 Å². The van der Waals surface area contributed by atoms with Gasteiger partial charge in [-0.15, -0.1) is 0 Å². The normalized spacial score (nSPS) is 21.2. The highest BCUT2D eigenvalue weighted by Gasteiger charge is 2.37. The molecule has 5 nitrogen and oxygen atoms in total. The lowest BCUT2D eigenvalue weighted by Gasteiger charge is -2.26. The maximum Gasteiger partial charge on any atom is 0.326 e. The number of benzene rings is 1. The van der Waals surface area contributed by atoms with Gasteiger partial charge in [-0.3, -0.25) is 19.5 Å². The van der Waals surface area contributed by atoms with Gasteiger partial charge < -0.3 is 4.74 Å². The van der Waals surface area contributed by atoms with Crippen molar-refractivity contribution in [2.75, 3.05) is 18.1 Å². The van der Waals surface area contributed by atoms with Crippen LogP contribution < -0.4 is 4.90 Å². The lowest BCUT2D eigenvalue weighted by molar-refractivity contribution is -0.142. The van der Waals surface area contributed by atoms with Crippen LogP contribution in [0.3, 0.4) is 0 Å². The summed E-state index contributed by atoms with van der Waals surface area (Å²) in [6, 6.07) is 5.01. The van der Waals surface area contributed by atoms with Gasteiger partial charge in [-0.05, 0) is 43.9 Å². The van der Waals surface area contributed by atoms with Crippen LogP contribution in [0.4, 0.5) is 5.69 Å². The molecule has 29 heavy (non-hydrogen) atoms. The van der Waals surface area contributed by atoms with Crippen molar-refractivity contribution in [2.24, 2.45) is 16.8 Å². The summed E-state index contributed by atoms with van der Waals surface area (Å²) in [5.41, 5.74) is 2.57. The van der Waals surface area contributed by atoms with Gasteiger partial charge in [-0.1, -0.05) is 51.1 Å². The number of hydrogen-bond acceptors (Lipinski definition) is 4. The van der Waals surface area contributed by atoms with Crippen LogP contribution in [0, 0.1) is 11.8 Å². The fourth-order valence-electron chi connectivity index (χ4n) is 4.30. The van der Waals surface area contributed by atoms with Crippen LogP contribution in [0.1, 0.15) is 64.9 Å². The van der Waals surface area contributed by atoms with Crippen LogP contribution in [-0.2, 0) is 14.3 Å². The van der Waals surface area contributed by atoms with E-state index < -0.39 is 12.0 Å². The topological polar surface area (TPSA) is 59.0 Å². The average molecular weight is 419 g/mol. The highest BCUT2D eigenvalue weighted by molar-refractivity contribution is 6.31. The predicted octanol–water partition coefficient (Wildman–Crippen LogP) is 5.03. The number of halogens is 1. The number of amides is 1. The molecule has 2 atom stereocenters. The molecule has 1 saturated carbocycles. The average Bonchev–Trinajstić information content (AvgIpc) is 2.83. The summed E-state index contributed by atoms with van der Waals surface area (Å²) in [4.78, 5) is 32.4. The van der Waals surface area contributed by atoms with Crippen molar-refractivity contribution in [3.05, 3.63) is 28.8 Å². The largest absolute Gasteiger partial charge is 0.465 e. The van der Waals surface area contributed by atoms with Gasteiger partial charge in [0.15, 0.2) is 0 Å². The van der Waals surface area contributed by atoms with E-state index in [4.69, 9.17) is 21.3 Å². The molecular weight excluding hydrogens is 388 g/mol. The van der Waals surface area contributed by atoms with Gasteiger partial charge in [0, 0.05) is 22.2 Å². The summed E-state index contributed by atoms with van der Waals surface area (Å²) in [7, 11) is 0. The summed E-state index contributed by atoms with van der Waals surface area (Å²) >= 11 is 6.35. The van der Waals surface area contributed by atoms with Crippen LogP contribution >= 0.6 is 11.6 Å². The quantitative estimate of drug-likeness (QED) is 0.608. The molecule has 2 aliphatic rings. The molecule has 3 rings (SSSR count). The minimum Gasteiger partial charge on any atom is -0.465 e. The molecule has 6 heteroatoms. The van der Waals surface area contributed by atoms with Crippen molar-refractivity contribution in [1.29, 1.82) is 0 Å². The number of hydrogen-bond donors (Lipinski definition) is 0. The second-order valence-corrected chi connectivity index (χ2v) is 8.51. The molecule has 1 aliphatic heterocycles. The van der Waals surface area contributed by atoms with E-state index in [0.29, 0.717) is 16.6 Å². The molecular formula is C23H31ClN2O3. The Bertz CT molecular complexity index is 786. The Kier molecular flexibility index (Phi) is 7.33. The molecule has 1 aliphatic carbocycles. The number of carbonyl (C=O) groups excluding carboxylic acids is 2. The van der Waals surface area contributed by atoms with E-state index in [-0.39, 0.29) is 25.0 Å². The monoisotopic (exact) mass is 418 g/mol. The fraction of sp³-hybridized carbons (Fsp3) is 0.609. The number of rotatable bonds is 6. The number of ether oxygens (including phenoxy) is 1. The zero-order valence-electron chi connectivity index (χ0n) is 17.6. The number of nitrogens with zero attached hydrogens (tertiary/aromatic N) is 2. The third-order valence-corrected chi connectivity index (χ3v) is 6.33. The molecule has 1 aromatic carbocycles. The van der Waals surface area contributed by atoms with Crippen molar-refractivity contribution in [1.82, 2.24) is 0 Å². The number of aliphatic imine (C=N–C) groups is 1. The van der Waals surface area contributed by atoms with E-state index in [9.17, 15) is 9.59 Å². The van der Waals surface area contributed by atoms with Gasteiger partial charge in [0.2, 0.25) is 0 Å². The molecule has 158 valence electrons. The molecule has 1 aromatic rings. The van der Waals surface area contributed by atoms with Crippen LogP contribution in [0.15, 0.2) is 23.2 Å². The van der Waals surface area contributed by atoms with Gasteiger partial charge in [0.05, 0.1) is 12.3 Å². The van der Waals surface area contributed by atoms with E-state index in [1.165, 1.54) is 19.3 Å². The smallest absolute Gasteiger partial charge is 0.326 e. The zero-order chi connectivity index (χ0) is 21.0. The number of anilines is 1. The minimum atomic E-state index is -0.502. The standard InChI is InChI=1S/C23H31ClN2O3/c1-4-15(3)21-23(28)26(14-20(27)29-5-2)19-12-11-17(24)13-18(19)22(25-21)16-9-7-6-8-10-16/h11-13,15-16,21H,4-10,14H2,1-3H3/t15-,21-/m0/s1. The summed E-state index contributed by atoms with van der Waals surface area (Å²) in [6.45, 7) is 6.06. The number of benzodiazepines with no additional fused rings is 1. The minimum absolute atomic E-state index is 0.0792. The van der Waals surface area contributed by atoms with E-state index in [2.05, 4.69) is 13.8 Å². The molecule has 0 bridgehead atoms. The Morgan fingerprint density at radius 3 is 2.66 bits per heavy atom. The molecule has 0 saturated heterocycles. The van der Waals surface area contributed by atoms with Crippen molar-refractivity contribution in [2.45, 2.75) is 65.3 Å². The Hall–Kier alpha value is -1.88.